The normalized spacial score (nSPS) is 46.3. The molecule has 0 aliphatic heterocycles. The summed E-state index contributed by atoms with van der Waals surface area (Å²) in [6.45, 7) is 0. The molecule has 8 aliphatic carbocycles. The highest BCUT2D eigenvalue weighted by Crippen LogP contribution is 2.61. The third-order valence-corrected chi connectivity index (χ3v) is 10.0. The molecule has 8 fully saturated rings. The molecule has 1 aromatic heterocycles. The van der Waals surface area contributed by atoms with E-state index < -0.39 is 0 Å². The van der Waals surface area contributed by atoms with E-state index in [2.05, 4.69) is 15.6 Å². The lowest BCUT2D eigenvalue weighted by atomic mass is 9.49. The Hall–Kier alpha value is -1.85. The second-order valence-electron chi connectivity index (χ2n) is 12.3. The van der Waals surface area contributed by atoms with Crippen molar-refractivity contribution in [1.82, 2.24) is 4.98 Å². The minimum atomic E-state index is -0.230. The Morgan fingerprint density at radius 1 is 0.710 bits per heavy atom. The van der Waals surface area contributed by atoms with Crippen molar-refractivity contribution < 1.29 is 14.0 Å². The largest absolute Gasteiger partial charge is 0.430 e. The number of hydrogen-bond donors (Lipinski definition) is 2. The van der Waals surface area contributed by atoms with Crippen LogP contribution >= 0.6 is 0 Å². The van der Waals surface area contributed by atoms with Gasteiger partial charge in [-0.25, -0.2) is 0 Å². The van der Waals surface area contributed by atoms with Crippen molar-refractivity contribution in [2.45, 2.75) is 77.0 Å². The summed E-state index contributed by atoms with van der Waals surface area (Å²) in [4.78, 5) is 30.9. The average molecular weight is 424 g/mol. The van der Waals surface area contributed by atoms with Crippen LogP contribution in [0.15, 0.2) is 10.7 Å². The van der Waals surface area contributed by atoms with Crippen LogP contribution in [-0.4, -0.2) is 16.8 Å². The molecule has 6 nitrogen and oxygen atoms in total. The van der Waals surface area contributed by atoms with Crippen LogP contribution in [0.2, 0.25) is 0 Å². The Bertz CT molecular complexity index is 791. The number of amides is 2. The predicted molar refractivity (Wildman–Crippen MR) is 115 cm³/mol. The molecule has 9 rings (SSSR count). The first kappa shape index (κ1) is 18.7. The number of carbonyl (C=O) groups is 2. The second-order valence-corrected chi connectivity index (χ2v) is 12.3. The van der Waals surface area contributed by atoms with Crippen LogP contribution in [0.5, 0.6) is 0 Å². The molecular weight excluding hydrogens is 390 g/mol. The zero-order valence-corrected chi connectivity index (χ0v) is 18.2. The van der Waals surface area contributed by atoms with Gasteiger partial charge in [-0.15, -0.1) is 0 Å². The summed E-state index contributed by atoms with van der Waals surface area (Å²) in [5, 5.41) is 5.99. The molecule has 8 bridgehead atoms. The molecular formula is C25H33N3O3. The molecule has 0 atom stereocenters. The van der Waals surface area contributed by atoms with Crippen molar-refractivity contribution in [2.75, 3.05) is 10.6 Å². The van der Waals surface area contributed by atoms with Gasteiger partial charge in [-0.05, 0) is 113 Å². The molecule has 0 spiro atoms. The van der Waals surface area contributed by atoms with Crippen molar-refractivity contribution in [2.24, 2.45) is 46.3 Å². The van der Waals surface area contributed by atoms with Gasteiger partial charge in [0, 0.05) is 0 Å². The maximum Gasteiger partial charge on any atom is 0.303 e. The predicted octanol–water partition coefficient (Wildman–Crippen LogP) is 4.98. The number of nitrogens with one attached hydrogen (secondary N) is 2. The molecule has 2 N–H and O–H groups in total. The number of hydrogen-bond acceptors (Lipinski definition) is 4. The van der Waals surface area contributed by atoms with Gasteiger partial charge >= 0.3 is 6.01 Å². The van der Waals surface area contributed by atoms with Crippen LogP contribution in [-0.2, 0) is 9.59 Å². The molecule has 8 aliphatic rings. The summed E-state index contributed by atoms with van der Waals surface area (Å²) < 4.78 is 5.56. The number of rotatable bonds is 4. The lowest BCUT2D eigenvalue weighted by molar-refractivity contribution is -0.141. The summed E-state index contributed by atoms with van der Waals surface area (Å²) >= 11 is 0. The fourth-order valence-electron chi connectivity index (χ4n) is 9.64. The molecule has 0 saturated heterocycles. The van der Waals surface area contributed by atoms with E-state index in [0.717, 1.165) is 74.0 Å². The Labute approximate surface area is 183 Å². The molecule has 166 valence electrons. The van der Waals surface area contributed by atoms with E-state index in [0.29, 0.717) is 5.82 Å². The van der Waals surface area contributed by atoms with Gasteiger partial charge in [-0.3, -0.25) is 14.9 Å². The van der Waals surface area contributed by atoms with Gasteiger partial charge in [0.25, 0.3) is 0 Å². The van der Waals surface area contributed by atoms with Gasteiger partial charge in [-0.1, -0.05) is 0 Å². The van der Waals surface area contributed by atoms with Crippen LogP contribution in [0.25, 0.3) is 0 Å². The molecule has 0 radical (unpaired) electrons. The maximum atomic E-state index is 13.2. The highest BCUT2D eigenvalue weighted by atomic mass is 16.4. The first-order valence-electron chi connectivity index (χ1n) is 12.6. The van der Waals surface area contributed by atoms with E-state index in [1.165, 1.54) is 44.8 Å². The van der Waals surface area contributed by atoms with E-state index in [-0.39, 0.29) is 28.7 Å². The Balaban J connectivity index is 1.03. The monoisotopic (exact) mass is 423 g/mol. The van der Waals surface area contributed by atoms with Crippen LogP contribution in [0.4, 0.5) is 11.8 Å². The van der Waals surface area contributed by atoms with Gasteiger partial charge < -0.3 is 9.73 Å². The van der Waals surface area contributed by atoms with E-state index in [1.807, 2.05) is 0 Å². The minimum Gasteiger partial charge on any atom is -0.430 e. The van der Waals surface area contributed by atoms with Crippen molar-refractivity contribution in [1.29, 1.82) is 0 Å². The fraction of sp³-hybridized carbons (Fsp3) is 0.800. The summed E-state index contributed by atoms with van der Waals surface area (Å²) in [7, 11) is 0. The van der Waals surface area contributed by atoms with Gasteiger partial charge in [0.2, 0.25) is 11.8 Å². The van der Waals surface area contributed by atoms with Crippen LogP contribution in [0.1, 0.15) is 77.0 Å². The van der Waals surface area contributed by atoms with Crippen molar-refractivity contribution in [3.63, 3.8) is 0 Å². The van der Waals surface area contributed by atoms with Crippen LogP contribution in [0.3, 0.4) is 0 Å². The van der Waals surface area contributed by atoms with E-state index >= 15 is 0 Å². The summed E-state index contributed by atoms with van der Waals surface area (Å²) in [6.07, 6.45) is 15.5. The number of nitrogens with zero attached hydrogens (tertiary/aromatic N) is 1. The number of carbonyl (C=O) groups excluding carboxylic acids is 2. The smallest absolute Gasteiger partial charge is 0.303 e. The van der Waals surface area contributed by atoms with E-state index in [4.69, 9.17) is 4.42 Å². The molecule has 0 aromatic carbocycles. The molecule has 1 aromatic rings. The summed E-state index contributed by atoms with van der Waals surface area (Å²) in [6, 6.07) is 0.224. The zero-order valence-electron chi connectivity index (χ0n) is 18.2. The van der Waals surface area contributed by atoms with Crippen LogP contribution < -0.4 is 10.6 Å². The van der Waals surface area contributed by atoms with Crippen molar-refractivity contribution >= 4 is 23.6 Å². The third-order valence-electron chi connectivity index (χ3n) is 10.0. The maximum absolute atomic E-state index is 13.2. The molecule has 0 unspecified atom stereocenters. The minimum absolute atomic E-state index is 0.0763. The van der Waals surface area contributed by atoms with Crippen molar-refractivity contribution in [3.05, 3.63) is 6.26 Å². The number of aromatic nitrogens is 1. The van der Waals surface area contributed by atoms with E-state index in [1.54, 1.807) is 0 Å². The molecule has 8 saturated carbocycles. The fourth-order valence-corrected chi connectivity index (χ4v) is 9.64. The standard InChI is InChI=1S/C25H33N3O3/c29-21(24-7-14-1-15(8-24)3-16(2-14)9-24)26-20-13-31-23(27-20)28-22(30)25-10-17-4-18(11-25)6-19(5-17)12-25/h13-19H,1-12H2,(H,26,29)(H,27,28,30). The van der Waals surface area contributed by atoms with Crippen molar-refractivity contribution in [3.8, 4) is 0 Å². The molecule has 31 heavy (non-hydrogen) atoms. The number of anilines is 2. The highest BCUT2D eigenvalue weighted by molar-refractivity contribution is 5.96. The topological polar surface area (TPSA) is 84.2 Å². The quantitative estimate of drug-likeness (QED) is 0.715. The number of oxazole rings is 1. The Kier molecular flexibility index (Phi) is 3.83. The van der Waals surface area contributed by atoms with Gasteiger partial charge in [0.15, 0.2) is 5.82 Å². The molecule has 2 amide bonds. The third kappa shape index (κ3) is 2.92. The first-order valence-corrected chi connectivity index (χ1v) is 12.6. The second kappa shape index (κ2) is 6.35. The Morgan fingerprint density at radius 2 is 1.10 bits per heavy atom. The lowest BCUT2D eigenvalue weighted by Crippen LogP contribution is -2.52. The summed E-state index contributed by atoms with van der Waals surface area (Å²) in [5.41, 5.74) is -0.442. The van der Waals surface area contributed by atoms with Gasteiger partial charge in [0.1, 0.15) is 6.26 Å². The SMILES string of the molecule is O=C(Nc1coc(NC(=O)C23CC4CC(CC(C4)C2)C3)n1)C12CC3CC(CC(C3)C1)C2. The first-order chi connectivity index (χ1) is 15.0. The zero-order chi connectivity index (χ0) is 20.8. The average Bonchev–Trinajstić information content (AvgIpc) is 3.12. The lowest BCUT2D eigenvalue weighted by Gasteiger charge is -2.55. The van der Waals surface area contributed by atoms with Crippen LogP contribution in [0, 0.1) is 46.3 Å². The van der Waals surface area contributed by atoms with Gasteiger partial charge in [0.05, 0.1) is 10.8 Å². The van der Waals surface area contributed by atoms with E-state index in [9.17, 15) is 9.59 Å². The summed E-state index contributed by atoms with van der Waals surface area (Å²) in [5.74, 6) is 4.95. The highest BCUT2D eigenvalue weighted by Gasteiger charge is 2.56. The Morgan fingerprint density at radius 3 is 1.52 bits per heavy atom. The van der Waals surface area contributed by atoms with Gasteiger partial charge in [-0.2, -0.15) is 4.98 Å². The molecule has 1 heterocycles. The molecule has 6 heteroatoms.